The molecule has 2 fully saturated rings. The van der Waals surface area contributed by atoms with Crippen molar-refractivity contribution in [1.82, 2.24) is 14.7 Å². The van der Waals surface area contributed by atoms with Crippen LogP contribution in [0.25, 0.3) is 5.65 Å². The van der Waals surface area contributed by atoms with E-state index in [9.17, 15) is 9.59 Å². The second-order valence-electron chi connectivity index (χ2n) is 6.92. The summed E-state index contributed by atoms with van der Waals surface area (Å²) in [7, 11) is 0. The summed E-state index contributed by atoms with van der Waals surface area (Å²) in [6.07, 6.45) is 7.69. The molecule has 1 spiro atoms. The van der Waals surface area contributed by atoms with Crippen LogP contribution in [-0.4, -0.2) is 26.9 Å². The Hall–Kier alpha value is -2.37. The third-order valence-electron chi connectivity index (χ3n) is 5.20. The largest absolute Gasteiger partial charge is 0.458 e. The van der Waals surface area contributed by atoms with Gasteiger partial charge >= 0.3 is 5.97 Å². The highest BCUT2D eigenvalue weighted by Gasteiger charge is 2.53. The number of nitrogens with one attached hydrogen (secondary N) is 1. The number of esters is 1. The molecule has 0 radical (unpaired) electrons. The number of rotatable bonds is 3. The molecule has 6 nitrogen and oxygen atoms in total. The van der Waals surface area contributed by atoms with Gasteiger partial charge in [0, 0.05) is 12.4 Å². The molecule has 0 aromatic carbocycles. The minimum absolute atomic E-state index is 0.101. The van der Waals surface area contributed by atoms with Crippen LogP contribution < -0.4 is 5.32 Å². The lowest BCUT2D eigenvalue weighted by atomic mass is 9.85. The molecule has 4 rings (SSSR count). The minimum atomic E-state index is -0.558. The first-order valence-corrected chi connectivity index (χ1v) is 8.50. The van der Waals surface area contributed by atoms with Crippen molar-refractivity contribution < 1.29 is 14.3 Å². The lowest BCUT2D eigenvalue weighted by molar-refractivity contribution is -0.149. The molecular weight excluding hydrogens is 306 g/mol. The van der Waals surface area contributed by atoms with E-state index in [1.165, 1.54) is 0 Å². The molecule has 1 amide bonds. The molecule has 2 aromatic heterocycles. The number of carbonyl (C=O) groups is 2. The molecule has 1 aliphatic heterocycles. The Morgan fingerprint density at radius 3 is 3.04 bits per heavy atom. The van der Waals surface area contributed by atoms with Crippen LogP contribution in [0.3, 0.4) is 0 Å². The standard InChI is InChI=1S/C18H21N3O3/c1-12-4-7-21-11-13(20-15(21)8-12)10-19-17(23)14-9-16(22)24-18(14)5-2-3-6-18/h4,7-8,11,14H,2-3,5-6,9-10H2,1H3,(H,19,23)/t14-/m1/s1. The van der Waals surface area contributed by atoms with Gasteiger partial charge in [-0.15, -0.1) is 0 Å². The van der Waals surface area contributed by atoms with Crippen LogP contribution in [0.5, 0.6) is 0 Å². The number of ether oxygens (including phenoxy) is 1. The Morgan fingerprint density at radius 1 is 1.46 bits per heavy atom. The van der Waals surface area contributed by atoms with E-state index in [0.717, 1.165) is 42.6 Å². The van der Waals surface area contributed by atoms with Gasteiger partial charge in [0.2, 0.25) is 5.91 Å². The fraction of sp³-hybridized carbons (Fsp3) is 0.500. The van der Waals surface area contributed by atoms with E-state index in [1.54, 1.807) is 0 Å². The third kappa shape index (κ3) is 2.56. The van der Waals surface area contributed by atoms with Crippen molar-refractivity contribution in [3.8, 4) is 0 Å². The zero-order valence-corrected chi connectivity index (χ0v) is 13.7. The first-order chi connectivity index (χ1) is 11.6. The highest BCUT2D eigenvalue weighted by Crippen LogP contribution is 2.45. The summed E-state index contributed by atoms with van der Waals surface area (Å²) in [5.74, 6) is -0.719. The molecule has 0 unspecified atom stereocenters. The number of hydrogen-bond acceptors (Lipinski definition) is 4. The van der Waals surface area contributed by atoms with Crippen molar-refractivity contribution in [3.05, 3.63) is 35.8 Å². The SMILES string of the molecule is Cc1ccn2cc(CNC(=O)[C@H]3CC(=O)OC34CCCC4)nc2c1. The molecule has 2 aromatic rings. The number of aromatic nitrogens is 2. The number of aryl methyl sites for hydroxylation is 1. The van der Waals surface area contributed by atoms with Gasteiger partial charge in [0.05, 0.1) is 24.6 Å². The third-order valence-corrected chi connectivity index (χ3v) is 5.20. The quantitative estimate of drug-likeness (QED) is 0.877. The van der Waals surface area contributed by atoms with Crippen molar-refractivity contribution in [2.45, 2.75) is 51.2 Å². The van der Waals surface area contributed by atoms with E-state index < -0.39 is 5.60 Å². The van der Waals surface area contributed by atoms with Crippen LogP contribution in [-0.2, 0) is 20.9 Å². The molecule has 1 atom stereocenters. The Kier molecular flexibility index (Phi) is 3.55. The van der Waals surface area contributed by atoms with E-state index in [0.29, 0.717) is 6.54 Å². The van der Waals surface area contributed by atoms with Crippen molar-refractivity contribution >= 4 is 17.5 Å². The summed E-state index contributed by atoms with van der Waals surface area (Å²) in [5.41, 5.74) is 2.26. The highest BCUT2D eigenvalue weighted by atomic mass is 16.6. The Balaban J connectivity index is 1.46. The number of amides is 1. The fourth-order valence-electron chi connectivity index (χ4n) is 3.97. The van der Waals surface area contributed by atoms with Crippen LogP contribution >= 0.6 is 0 Å². The second-order valence-corrected chi connectivity index (χ2v) is 6.92. The monoisotopic (exact) mass is 327 g/mol. The van der Waals surface area contributed by atoms with E-state index in [1.807, 2.05) is 35.9 Å². The van der Waals surface area contributed by atoms with E-state index >= 15 is 0 Å². The molecule has 3 heterocycles. The number of hydrogen-bond donors (Lipinski definition) is 1. The Labute approximate surface area is 140 Å². The lowest BCUT2D eigenvalue weighted by Crippen LogP contribution is -2.42. The number of carbonyl (C=O) groups excluding carboxylic acids is 2. The van der Waals surface area contributed by atoms with E-state index in [4.69, 9.17) is 4.74 Å². The summed E-state index contributed by atoms with van der Waals surface area (Å²) in [6, 6.07) is 4.02. The molecule has 0 bridgehead atoms. The maximum Gasteiger partial charge on any atom is 0.307 e. The lowest BCUT2D eigenvalue weighted by Gasteiger charge is -2.27. The average molecular weight is 327 g/mol. The predicted molar refractivity (Wildman–Crippen MR) is 87.2 cm³/mol. The summed E-state index contributed by atoms with van der Waals surface area (Å²) < 4.78 is 7.48. The first kappa shape index (κ1) is 15.2. The second kappa shape index (κ2) is 5.61. The van der Waals surface area contributed by atoms with Gasteiger partial charge in [0.1, 0.15) is 11.2 Å². The van der Waals surface area contributed by atoms with Gasteiger partial charge in [-0.1, -0.05) is 0 Å². The van der Waals surface area contributed by atoms with Gasteiger partial charge in [0.15, 0.2) is 0 Å². The molecular formula is C18H21N3O3. The van der Waals surface area contributed by atoms with E-state index in [2.05, 4.69) is 10.3 Å². The van der Waals surface area contributed by atoms with Gasteiger partial charge in [-0.2, -0.15) is 0 Å². The molecule has 1 saturated carbocycles. The Morgan fingerprint density at radius 2 is 2.25 bits per heavy atom. The van der Waals surface area contributed by atoms with Crippen LogP contribution in [0.4, 0.5) is 0 Å². The van der Waals surface area contributed by atoms with Gasteiger partial charge < -0.3 is 14.5 Å². The number of fused-ring (bicyclic) bond motifs is 1. The van der Waals surface area contributed by atoms with Crippen LogP contribution in [0.15, 0.2) is 24.5 Å². The number of nitrogens with zero attached hydrogens (tertiary/aromatic N) is 2. The zero-order valence-electron chi connectivity index (χ0n) is 13.7. The maximum atomic E-state index is 12.6. The van der Waals surface area contributed by atoms with Crippen molar-refractivity contribution in [2.24, 2.45) is 5.92 Å². The molecule has 126 valence electrons. The topological polar surface area (TPSA) is 72.7 Å². The highest BCUT2D eigenvalue weighted by molar-refractivity contribution is 5.87. The first-order valence-electron chi connectivity index (χ1n) is 8.50. The zero-order chi connectivity index (χ0) is 16.7. The summed E-state index contributed by atoms with van der Waals surface area (Å²) >= 11 is 0. The van der Waals surface area contributed by atoms with Crippen molar-refractivity contribution in [1.29, 1.82) is 0 Å². The van der Waals surface area contributed by atoms with Gasteiger partial charge in [0.25, 0.3) is 0 Å². The summed E-state index contributed by atoms with van der Waals surface area (Å²) in [5, 5.41) is 2.94. The smallest absolute Gasteiger partial charge is 0.307 e. The number of imidazole rings is 1. The predicted octanol–water partition coefficient (Wildman–Crippen LogP) is 2.13. The summed E-state index contributed by atoms with van der Waals surface area (Å²) in [6.45, 7) is 2.38. The van der Waals surface area contributed by atoms with Gasteiger partial charge in [-0.3, -0.25) is 9.59 Å². The normalized spacial score (nSPS) is 22.2. The molecule has 2 aliphatic rings. The van der Waals surface area contributed by atoms with Gasteiger partial charge in [-0.05, 0) is 50.3 Å². The molecule has 1 saturated heterocycles. The number of pyridine rings is 1. The Bertz CT molecular complexity index is 805. The molecule has 6 heteroatoms. The minimum Gasteiger partial charge on any atom is -0.458 e. The van der Waals surface area contributed by atoms with Crippen LogP contribution in [0.2, 0.25) is 0 Å². The molecule has 1 N–H and O–H groups in total. The summed E-state index contributed by atoms with van der Waals surface area (Å²) in [4.78, 5) is 28.9. The van der Waals surface area contributed by atoms with Crippen molar-refractivity contribution in [3.63, 3.8) is 0 Å². The van der Waals surface area contributed by atoms with Crippen LogP contribution in [0.1, 0.15) is 43.4 Å². The molecule has 24 heavy (non-hydrogen) atoms. The maximum absolute atomic E-state index is 12.6. The van der Waals surface area contributed by atoms with Crippen LogP contribution in [0, 0.1) is 12.8 Å². The van der Waals surface area contributed by atoms with Crippen molar-refractivity contribution in [2.75, 3.05) is 0 Å². The average Bonchev–Trinajstić information content (AvgIpc) is 3.24. The van der Waals surface area contributed by atoms with E-state index in [-0.39, 0.29) is 24.2 Å². The van der Waals surface area contributed by atoms with Gasteiger partial charge in [-0.25, -0.2) is 4.98 Å². The fourth-order valence-corrected chi connectivity index (χ4v) is 3.97. The molecule has 1 aliphatic carbocycles.